The van der Waals surface area contributed by atoms with Crippen LogP contribution in [0.15, 0.2) is 23.5 Å². The van der Waals surface area contributed by atoms with E-state index in [2.05, 4.69) is 46.7 Å². The summed E-state index contributed by atoms with van der Waals surface area (Å²) in [6.07, 6.45) is 5.06. The quantitative estimate of drug-likeness (QED) is 0.656. The largest absolute Gasteiger partial charge is 0.357 e. The van der Waals surface area contributed by atoms with E-state index in [9.17, 15) is 0 Å². The molecule has 2 rings (SSSR count). The van der Waals surface area contributed by atoms with Gasteiger partial charge in [0, 0.05) is 50.9 Å². The summed E-state index contributed by atoms with van der Waals surface area (Å²) in [6, 6.07) is 2.10. The first-order valence-electron chi connectivity index (χ1n) is 7.06. The summed E-state index contributed by atoms with van der Waals surface area (Å²) >= 11 is 1.77. The maximum Gasteiger partial charge on any atom is 0.191 e. The predicted octanol–water partition coefficient (Wildman–Crippen LogP) is 2.01. The van der Waals surface area contributed by atoms with Gasteiger partial charge in [-0.05, 0) is 25.5 Å². The zero-order chi connectivity index (χ0) is 15.2. The SMILES string of the molecule is CN=C(NCCc1nc(C)c(C)s1)NCc1ccn(C)c1. The summed E-state index contributed by atoms with van der Waals surface area (Å²) in [6.45, 7) is 5.78. The molecule has 0 fully saturated rings. The van der Waals surface area contributed by atoms with Crippen LogP contribution in [0.1, 0.15) is 21.1 Å². The Morgan fingerprint density at radius 2 is 2.19 bits per heavy atom. The zero-order valence-electron chi connectivity index (χ0n) is 13.1. The molecular weight excluding hydrogens is 282 g/mol. The summed E-state index contributed by atoms with van der Waals surface area (Å²) in [5.41, 5.74) is 2.38. The van der Waals surface area contributed by atoms with Gasteiger partial charge >= 0.3 is 0 Å². The lowest BCUT2D eigenvalue weighted by atomic mass is 10.3. The Hall–Kier alpha value is -1.82. The summed E-state index contributed by atoms with van der Waals surface area (Å²) in [7, 11) is 3.81. The van der Waals surface area contributed by atoms with E-state index in [1.807, 2.05) is 17.8 Å². The van der Waals surface area contributed by atoms with Crippen molar-refractivity contribution in [3.63, 3.8) is 0 Å². The molecule has 21 heavy (non-hydrogen) atoms. The van der Waals surface area contributed by atoms with Crippen LogP contribution in [-0.4, -0.2) is 29.1 Å². The molecule has 2 heterocycles. The number of aromatic nitrogens is 2. The Morgan fingerprint density at radius 1 is 1.38 bits per heavy atom. The monoisotopic (exact) mass is 305 g/mol. The first-order chi connectivity index (χ1) is 10.1. The number of aliphatic imine (C=N–C) groups is 1. The fraction of sp³-hybridized carbons (Fsp3) is 0.467. The first kappa shape index (κ1) is 15.6. The van der Waals surface area contributed by atoms with E-state index in [-0.39, 0.29) is 0 Å². The van der Waals surface area contributed by atoms with Gasteiger partial charge in [-0.1, -0.05) is 0 Å². The average molecular weight is 305 g/mol. The van der Waals surface area contributed by atoms with Gasteiger partial charge < -0.3 is 15.2 Å². The Bertz CT molecular complexity index is 592. The molecule has 5 nitrogen and oxygen atoms in total. The van der Waals surface area contributed by atoms with E-state index >= 15 is 0 Å². The molecule has 0 atom stereocenters. The van der Waals surface area contributed by atoms with Gasteiger partial charge in [0.15, 0.2) is 5.96 Å². The van der Waals surface area contributed by atoms with Crippen molar-refractivity contribution in [3.05, 3.63) is 39.6 Å². The fourth-order valence-electron chi connectivity index (χ4n) is 2.01. The van der Waals surface area contributed by atoms with Crippen LogP contribution in [-0.2, 0) is 20.0 Å². The van der Waals surface area contributed by atoms with Crippen molar-refractivity contribution < 1.29 is 0 Å². The third-order valence-electron chi connectivity index (χ3n) is 3.28. The molecule has 0 saturated heterocycles. The van der Waals surface area contributed by atoms with Crippen molar-refractivity contribution in [1.82, 2.24) is 20.2 Å². The smallest absolute Gasteiger partial charge is 0.191 e. The first-order valence-corrected chi connectivity index (χ1v) is 7.88. The van der Waals surface area contributed by atoms with Crippen LogP contribution in [0.4, 0.5) is 0 Å². The molecule has 2 aromatic heterocycles. The standard InChI is InChI=1S/C15H23N5S/c1-11-12(2)21-14(19-11)5-7-17-15(16-3)18-9-13-6-8-20(4)10-13/h6,8,10H,5,7,9H2,1-4H3,(H2,16,17,18). The number of hydrogen-bond acceptors (Lipinski definition) is 3. The maximum atomic E-state index is 4.54. The van der Waals surface area contributed by atoms with Gasteiger partial charge in [0.25, 0.3) is 0 Å². The van der Waals surface area contributed by atoms with Gasteiger partial charge in [0.2, 0.25) is 0 Å². The molecule has 0 unspecified atom stereocenters. The molecule has 0 bridgehead atoms. The third kappa shape index (κ3) is 4.60. The normalized spacial score (nSPS) is 11.7. The molecule has 0 saturated carbocycles. The zero-order valence-corrected chi connectivity index (χ0v) is 13.9. The second kappa shape index (κ2) is 7.26. The molecule has 0 aliphatic carbocycles. The molecule has 0 amide bonds. The molecule has 2 aromatic rings. The molecular formula is C15H23N5S. The van der Waals surface area contributed by atoms with Gasteiger partial charge in [0.05, 0.1) is 10.7 Å². The highest BCUT2D eigenvalue weighted by atomic mass is 32.1. The molecule has 0 aromatic carbocycles. The minimum absolute atomic E-state index is 0.774. The van der Waals surface area contributed by atoms with Gasteiger partial charge in [0.1, 0.15) is 0 Å². The Morgan fingerprint density at radius 3 is 2.76 bits per heavy atom. The molecule has 0 aliphatic heterocycles. The van der Waals surface area contributed by atoms with Crippen LogP contribution >= 0.6 is 11.3 Å². The van der Waals surface area contributed by atoms with E-state index in [0.29, 0.717) is 0 Å². The lowest BCUT2D eigenvalue weighted by Gasteiger charge is -2.10. The van der Waals surface area contributed by atoms with Crippen LogP contribution < -0.4 is 10.6 Å². The Kier molecular flexibility index (Phi) is 5.38. The number of guanidine groups is 1. The minimum Gasteiger partial charge on any atom is -0.357 e. The van der Waals surface area contributed by atoms with Crippen LogP contribution in [0.3, 0.4) is 0 Å². The number of hydrogen-bond donors (Lipinski definition) is 2. The minimum atomic E-state index is 0.774. The highest BCUT2D eigenvalue weighted by Gasteiger charge is 2.04. The Balaban J connectivity index is 1.75. The predicted molar refractivity (Wildman–Crippen MR) is 88.9 cm³/mol. The third-order valence-corrected chi connectivity index (χ3v) is 4.41. The van der Waals surface area contributed by atoms with Gasteiger partial charge in [-0.15, -0.1) is 11.3 Å². The van der Waals surface area contributed by atoms with Gasteiger partial charge in [-0.3, -0.25) is 4.99 Å². The average Bonchev–Trinajstić information content (AvgIpc) is 3.00. The van der Waals surface area contributed by atoms with Gasteiger partial charge in [-0.25, -0.2) is 4.98 Å². The summed E-state index contributed by atoms with van der Waals surface area (Å²) < 4.78 is 2.04. The summed E-state index contributed by atoms with van der Waals surface area (Å²) in [5.74, 6) is 0.823. The highest BCUT2D eigenvalue weighted by Crippen LogP contribution is 2.16. The fourth-order valence-corrected chi connectivity index (χ4v) is 2.94. The van der Waals surface area contributed by atoms with Crippen molar-refractivity contribution in [2.24, 2.45) is 12.0 Å². The molecule has 114 valence electrons. The van der Waals surface area contributed by atoms with E-state index in [1.165, 1.54) is 15.4 Å². The van der Waals surface area contributed by atoms with E-state index in [0.717, 1.165) is 31.2 Å². The molecule has 0 spiro atoms. The number of nitrogens with zero attached hydrogens (tertiary/aromatic N) is 3. The summed E-state index contributed by atoms with van der Waals surface area (Å²) in [4.78, 5) is 10.1. The van der Waals surface area contributed by atoms with E-state index < -0.39 is 0 Å². The second-order valence-corrected chi connectivity index (χ2v) is 6.32. The van der Waals surface area contributed by atoms with Crippen molar-refractivity contribution >= 4 is 17.3 Å². The number of aryl methyl sites for hydroxylation is 3. The lowest BCUT2D eigenvalue weighted by molar-refractivity contribution is 0.789. The van der Waals surface area contributed by atoms with Crippen LogP contribution in [0.5, 0.6) is 0 Å². The van der Waals surface area contributed by atoms with Crippen LogP contribution in [0, 0.1) is 13.8 Å². The van der Waals surface area contributed by atoms with E-state index in [4.69, 9.17) is 0 Å². The van der Waals surface area contributed by atoms with Crippen LogP contribution in [0.2, 0.25) is 0 Å². The van der Waals surface area contributed by atoms with Crippen molar-refractivity contribution in [2.45, 2.75) is 26.8 Å². The second-order valence-electron chi connectivity index (χ2n) is 5.04. The van der Waals surface area contributed by atoms with Crippen molar-refractivity contribution in [2.75, 3.05) is 13.6 Å². The molecule has 0 radical (unpaired) electrons. The number of nitrogens with one attached hydrogen (secondary N) is 2. The van der Waals surface area contributed by atoms with Crippen LogP contribution in [0.25, 0.3) is 0 Å². The van der Waals surface area contributed by atoms with Gasteiger partial charge in [-0.2, -0.15) is 0 Å². The van der Waals surface area contributed by atoms with Crippen molar-refractivity contribution in [3.8, 4) is 0 Å². The number of thiazole rings is 1. The van der Waals surface area contributed by atoms with Crippen molar-refractivity contribution in [1.29, 1.82) is 0 Å². The number of rotatable bonds is 5. The highest BCUT2D eigenvalue weighted by molar-refractivity contribution is 7.11. The molecule has 6 heteroatoms. The Labute approximate surface area is 130 Å². The molecule has 0 aliphatic rings. The topological polar surface area (TPSA) is 54.2 Å². The lowest BCUT2D eigenvalue weighted by Crippen LogP contribution is -2.37. The maximum absolute atomic E-state index is 4.54. The summed E-state index contributed by atoms with van der Waals surface area (Å²) in [5, 5.41) is 7.81. The van der Waals surface area contributed by atoms with E-state index in [1.54, 1.807) is 18.4 Å². The molecule has 2 N–H and O–H groups in total.